The molecule has 4 aromatic heterocycles. The topological polar surface area (TPSA) is 123 Å². The summed E-state index contributed by atoms with van der Waals surface area (Å²) in [6, 6.07) is 9.35. The van der Waals surface area contributed by atoms with Gasteiger partial charge in [0, 0.05) is 43.2 Å². The molecule has 4 aliphatic carbocycles. The van der Waals surface area contributed by atoms with E-state index in [0.29, 0.717) is 55.4 Å². The van der Waals surface area contributed by atoms with Crippen molar-refractivity contribution < 1.29 is 18.7 Å². The molecule has 1 saturated heterocycles. The zero-order valence-corrected chi connectivity index (χ0v) is 26.8. The number of halogens is 1. The average molecular weight is 629 g/mol. The third-order valence-corrected chi connectivity index (χ3v) is 10.6. The molecule has 0 radical (unpaired) electrons. The summed E-state index contributed by atoms with van der Waals surface area (Å²) in [7, 11) is 3.51. The van der Waals surface area contributed by atoms with Crippen LogP contribution in [0.15, 0.2) is 30.3 Å². The van der Waals surface area contributed by atoms with E-state index in [-0.39, 0.29) is 23.9 Å². The van der Waals surface area contributed by atoms with Gasteiger partial charge >= 0.3 is 0 Å². The molecule has 46 heavy (non-hydrogen) atoms. The van der Waals surface area contributed by atoms with E-state index in [1.54, 1.807) is 18.2 Å². The highest BCUT2D eigenvalue weighted by Gasteiger charge is 2.72. The first-order valence-electron chi connectivity index (χ1n) is 16.3. The maximum absolute atomic E-state index is 14.1. The Labute approximate surface area is 266 Å². The van der Waals surface area contributed by atoms with E-state index in [0.717, 1.165) is 46.8 Å². The minimum absolute atomic E-state index is 0.0651. The molecule has 3 N–H and O–H groups in total. The molecule has 9 rings (SSSR count). The number of fused-ring (bicyclic) bond motifs is 2. The Morgan fingerprint density at radius 2 is 1.91 bits per heavy atom. The smallest absolute Gasteiger partial charge is 0.268 e. The van der Waals surface area contributed by atoms with Gasteiger partial charge in [0.25, 0.3) is 5.91 Å². The van der Waals surface area contributed by atoms with Crippen LogP contribution in [0.1, 0.15) is 73.2 Å². The molecule has 242 valence electrons. The number of hydrogen-bond donors (Lipinski definition) is 2. The molecule has 11 nitrogen and oxygen atoms in total. The maximum atomic E-state index is 14.1. The fourth-order valence-electron chi connectivity index (χ4n) is 7.76. The standard InChI is InChI=1S/C34H41FN8O3/c1-19(37-32(45)33-16-34(35,17-33)18-33)25-8-7-22-11-26(41(30(22)38-25)14-21-5-6-21)29-20(2)43-27(39-29)12-23(13-28(43)46-4)31(44)42-15-24(36)9-10-40(42)3/h7-8,11-13,19,21,24H,5-6,9-10,14-18,36H2,1-4H3,(H,37,45)/t19-,24-,33?,34?/m1/s1. The number of hydrazine groups is 1. The van der Waals surface area contributed by atoms with Crippen LogP contribution in [0, 0.1) is 18.3 Å². The predicted molar refractivity (Wildman–Crippen MR) is 171 cm³/mol. The maximum Gasteiger partial charge on any atom is 0.268 e. The number of hydrogen-bond acceptors (Lipinski definition) is 7. The fourth-order valence-corrected chi connectivity index (χ4v) is 7.76. The molecule has 5 heterocycles. The Hall–Kier alpha value is -4.03. The second kappa shape index (κ2) is 10.2. The zero-order chi connectivity index (χ0) is 32.1. The highest BCUT2D eigenvalue weighted by atomic mass is 19.1. The van der Waals surface area contributed by atoms with Crippen molar-refractivity contribution in [3.05, 3.63) is 47.3 Å². The van der Waals surface area contributed by atoms with Crippen LogP contribution < -0.4 is 15.8 Å². The lowest BCUT2D eigenvalue weighted by Gasteiger charge is -2.64. The van der Waals surface area contributed by atoms with E-state index in [2.05, 4.69) is 16.0 Å². The van der Waals surface area contributed by atoms with E-state index in [1.807, 2.05) is 48.5 Å². The van der Waals surface area contributed by atoms with Crippen molar-refractivity contribution >= 4 is 28.5 Å². The number of rotatable bonds is 8. The van der Waals surface area contributed by atoms with Gasteiger partial charge in [0.1, 0.15) is 22.7 Å². The SMILES string of the molecule is COc1cc(C(=O)N2C[C@H](N)CCN2C)cc2nc(-c3cc4ccc([C@@H](C)NC(=O)C56CC(F)(C5)C6)nc4n3CC3CC3)c(C)n12. The summed E-state index contributed by atoms with van der Waals surface area (Å²) in [4.78, 5) is 36.8. The Morgan fingerprint density at radius 1 is 1.15 bits per heavy atom. The molecular weight excluding hydrogens is 587 g/mol. The molecule has 4 saturated carbocycles. The molecule has 5 fully saturated rings. The lowest BCUT2D eigenvalue weighted by atomic mass is 9.42. The minimum atomic E-state index is -1.12. The van der Waals surface area contributed by atoms with Gasteiger partial charge in [-0.2, -0.15) is 0 Å². The zero-order valence-electron chi connectivity index (χ0n) is 26.8. The fraction of sp³-hybridized carbons (Fsp3) is 0.529. The third-order valence-electron chi connectivity index (χ3n) is 10.6. The minimum Gasteiger partial charge on any atom is -0.482 e. The van der Waals surface area contributed by atoms with E-state index in [4.69, 9.17) is 20.4 Å². The van der Waals surface area contributed by atoms with Crippen LogP contribution in [0.2, 0.25) is 0 Å². The number of methoxy groups -OCH3 is 1. The highest BCUT2D eigenvalue weighted by molar-refractivity contribution is 5.95. The number of carbonyl (C=O) groups is 2. The molecule has 2 atom stereocenters. The number of pyridine rings is 2. The lowest BCUT2D eigenvalue weighted by Crippen LogP contribution is -2.70. The van der Waals surface area contributed by atoms with Crippen LogP contribution in [0.25, 0.3) is 28.1 Å². The predicted octanol–water partition coefficient (Wildman–Crippen LogP) is 4.17. The quantitative estimate of drug-likeness (QED) is 0.300. The van der Waals surface area contributed by atoms with E-state index < -0.39 is 11.1 Å². The number of amides is 2. The molecule has 0 aromatic carbocycles. The van der Waals surface area contributed by atoms with Gasteiger partial charge in [-0.05, 0) is 82.6 Å². The molecule has 12 heteroatoms. The van der Waals surface area contributed by atoms with Crippen LogP contribution in [0.5, 0.6) is 5.88 Å². The molecule has 5 aliphatic rings. The van der Waals surface area contributed by atoms with Gasteiger partial charge in [-0.25, -0.2) is 19.4 Å². The van der Waals surface area contributed by atoms with Crippen molar-refractivity contribution in [3.63, 3.8) is 0 Å². The first kappa shape index (κ1) is 29.4. The summed E-state index contributed by atoms with van der Waals surface area (Å²) in [5.41, 5.74) is 9.91. The Balaban J connectivity index is 1.16. The van der Waals surface area contributed by atoms with Crippen molar-refractivity contribution in [1.29, 1.82) is 0 Å². The van der Waals surface area contributed by atoms with Gasteiger partial charge in [0.05, 0.1) is 42.2 Å². The van der Waals surface area contributed by atoms with Gasteiger partial charge in [-0.1, -0.05) is 0 Å². The van der Waals surface area contributed by atoms with Crippen LogP contribution >= 0.6 is 0 Å². The first-order valence-corrected chi connectivity index (χ1v) is 16.3. The number of aryl methyl sites for hydroxylation is 1. The van der Waals surface area contributed by atoms with Crippen molar-refractivity contribution in [1.82, 2.24) is 34.3 Å². The normalized spacial score (nSPS) is 26.6. The van der Waals surface area contributed by atoms with Gasteiger partial charge in [-0.15, -0.1) is 0 Å². The molecule has 0 spiro atoms. The van der Waals surface area contributed by atoms with Crippen molar-refractivity contribution in [2.75, 3.05) is 27.2 Å². The monoisotopic (exact) mass is 628 g/mol. The first-order chi connectivity index (χ1) is 22.0. The summed E-state index contributed by atoms with van der Waals surface area (Å²) in [6.45, 7) is 5.93. The van der Waals surface area contributed by atoms with Crippen LogP contribution in [0.4, 0.5) is 4.39 Å². The summed E-state index contributed by atoms with van der Waals surface area (Å²) >= 11 is 0. The number of carbonyl (C=O) groups excluding carboxylic acids is 2. The molecule has 1 aliphatic heterocycles. The van der Waals surface area contributed by atoms with Gasteiger partial charge < -0.3 is 20.4 Å². The molecule has 0 unspecified atom stereocenters. The van der Waals surface area contributed by atoms with Crippen molar-refractivity contribution in [3.8, 4) is 17.3 Å². The van der Waals surface area contributed by atoms with Crippen LogP contribution in [0.3, 0.4) is 0 Å². The second-order valence-electron chi connectivity index (χ2n) is 14.2. The van der Waals surface area contributed by atoms with Crippen molar-refractivity contribution in [2.24, 2.45) is 17.1 Å². The average Bonchev–Trinajstić information content (AvgIpc) is 3.68. The van der Waals surface area contributed by atoms with Gasteiger partial charge in [0.15, 0.2) is 5.88 Å². The third kappa shape index (κ3) is 4.59. The number of nitrogens with two attached hydrogens (primary N) is 1. The summed E-state index contributed by atoms with van der Waals surface area (Å²) in [5, 5.41) is 7.71. The van der Waals surface area contributed by atoms with Crippen molar-refractivity contribution in [2.45, 2.75) is 76.7 Å². The molecule has 4 aromatic rings. The largest absolute Gasteiger partial charge is 0.482 e. The summed E-state index contributed by atoms with van der Waals surface area (Å²) in [6.07, 6.45) is 4.18. The van der Waals surface area contributed by atoms with Crippen LogP contribution in [-0.4, -0.2) is 79.7 Å². The molecule has 2 amide bonds. The van der Waals surface area contributed by atoms with Gasteiger partial charge in [0.2, 0.25) is 5.91 Å². The number of nitrogens with zero attached hydrogens (tertiary/aromatic N) is 6. The number of ether oxygens (including phenoxy) is 1. The summed E-state index contributed by atoms with van der Waals surface area (Å²) in [5.74, 6) is 0.883. The van der Waals surface area contributed by atoms with E-state index in [9.17, 15) is 14.0 Å². The number of aromatic nitrogens is 4. The molecular formula is C34H41FN8O3. The number of nitrogens with one attached hydrogen (secondary N) is 1. The number of alkyl halides is 1. The van der Waals surface area contributed by atoms with Crippen LogP contribution in [-0.2, 0) is 11.3 Å². The second-order valence-corrected chi connectivity index (χ2v) is 14.2. The van der Waals surface area contributed by atoms with E-state index >= 15 is 0 Å². The highest BCUT2D eigenvalue weighted by Crippen LogP contribution is 2.69. The Morgan fingerprint density at radius 3 is 2.61 bits per heavy atom. The Kier molecular flexibility index (Phi) is 6.54. The van der Waals surface area contributed by atoms with Gasteiger partial charge in [-0.3, -0.25) is 19.0 Å². The Bertz CT molecular complexity index is 1890. The molecule has 2 bridgehead atoms. The van der Waals surface area contributed by atoms with E-state index in [1.165, 1.54) is 12.8 Å². The number of imidazole rings is 1. The lowest BCUT2D eigenvalue weighted by molar-refractivity contribution is -0.214. The summed E-state index contributed by atoms with van der Waals surface area (Å²) < 4.78 is 24.1.